The molecule has 0 bridgehead atoms. The first-order chi connectivity index (χ1) is 19.3. The lowest BCUT2D eigenvalue weighted by atomic mass is 10.1. The monoisotopic (exact) mass is 521 g/mol. The molecule has 0 saturated heterocycles. The van der Waals surface area contributed by atoms with Crippen molar-refractivity contribution in [1.82, 2.24) is 19.5 Å². The smallest absolute Gasteiger partial charge is 0.138 e. The summed E-state index contributed by atoms with van der Waals surface area (Å²) in [7, 11) is 0. The van der Waals surface area contributed by atoms with Crippen molar-refractivity contribution in [3.05, 3.63) is 140 Å². The molecule has 0 amide bonds. The fourth-order valence-corrected chi connectivity index (χ4v) is 5.75. The molecule has 4 heterocycles. The number of rotatable bonds is 6. The average molecular weight is 522 g/mol. The molecule has 0 radical (unpaired) electrons. The van der Waals surface area contributed by atoms with E-state index in [1.54, 1.807) is 29.9 Å². The Balaban J connectivity index is 1.26. The van der Waals surface area contributed by atoms with E-state index in [0.29, 0.717) is 0 Å². The number of hydrogen-bond acceptors (Lipinski definition) is 5. The lowest BCUT2D eigenvalue weighted by molar-refractivity contribution is 1.07. The van der Waals surface area contributed by atoms with E-state index in [0.717, 1.165) is 44.7 Å². The van der Waals surface area contributed by atoms with Gasteiger partial charge in [-0.15, -0.1) is 11.3 Å². The molecular weight excluding hydrogens is 498 g/mol. The van der Waals surface area contributed by atoms with Crippen molar-refractivity contribution in [3.8, 4) is 27.5 Å². The molecule has 0 saturated carbocycles. The summed E-state index contributed by atoms with van der Waals surface area (Å²) in [5, 5.41) is 1.24. The summed E-state index contributed by atoms with van der Waals surface area (Å²) in [5.41, 5.74) is 6.00. The van der Waals surface area contributed by atoms with Gasteiger partial charge in [0.1, 0.15) is 5.82 Å². The highest BCUT2D eigenvalue weighted by Gasteiger charge is 2.16. The number of pyridine rings is 1. The van der Waals surface area contributed by atoms with E-state index in [9.17, 15) is 0 Å². The van der Waals surface area contributed by atoms with Crippen molar-refractivity contribution < 1.29 is 0 Å². The van der Waals surface area contributed by atoms with Gasteiger partial charge in [0, 0.05) is 46.4 Å². The number of anilines is 3. The molecule has 4 aromatic heterocycles. The van der Waals surface area contributed by atoms with Gasteiger partial charge in [0.2, 0.25) is 0 Å². The van der Waals surface area contributed by atoms with Gasteiger partial charge >= 0.3 is 0 Å². The fraction of sp³-hybridized carbons (Fsp3) is 0. The Morgan fingerprint density at radius 3 is 2.36 bits per heavy atom. The van der Waals surface area contributed by atoms with Crippen LogP contribution in [0.25, 0.3) is 37.6 Å². The van der Waals surface area contributed by atoms with Gasteiger partial charge in [-0.25, -0.2) is 4.98 Å². The topological polar surface area (TPSA) is 46.8 Å². The minimum absolute atomic E-state index is 0.858. The first kappa shape index (κ1) is 23.1. The molecule has 0 aliphatic heterocycles. The van der Waals surface area contributed by atoms with Crippen molar-refractivity contribution in [3.63, 3.8) is 0 Å². The molecule has 0 atom stereocenters. The van der Waals surface area contributed by atoms with Crippen molar-refractivity contribution in [2.24, 2.45) is 0 Å². The first-order valence-corrected chi connectivity index (χ1v) is 13.5. The number of para-hydroxylation sites is 1. The molecule has 7 aromatic rings. The predicted molar refractivity (Wildman–Crippen MR) is 160 cm³/mol. The second kappa shape index (κ2) is 10.0. The lowest BCUT2D eigenvalue weighted by Gasteiger charge is -2.23. The Morgan fingerprint density at radius 2 is 1.54 bits per heavy atom. The summed E-state index contributed by atoms with van der Waals surface area (Å²) in [6.07, 6.45) is 9.39. The largest absolute Gasteiger partial charge is 0.322 e. The molecule has 3 aromatic carbocycles. The van der Waals surface area contributed by atoms with Crippen LogP contribution in [0.3, 0.4) is 0 Å². The Labute approximate surface area is 230 Å². The van der Waals surface area contributed by atoms with E-state index < -0.39 is 0 Å². The maximum atomic E-state index is 5.13. The molecule has 6 heteroatoms. The lowest BCUT2D eigenvalue weighted by Crippen LogP contribution is -2.11. The number of fused-ring (bicyclic) bond motifs is 1. The fourth-order valence-electron chi connectivity index (χ4n) is 4.71. The van der Waals surface area contributed by atoms with Crippen LogP contribution in [0.4, 0.5) is 17.2 Å². The molecule has 7 rings (SSSR count). The first-order valence-electron chi connectivity index (χ1n) is 12.7. The van der Waals surface area contributed by atoms with E-state index in [-0.39, 0.29) is 0 Å². The number of thiophene rings is 1. The Kier molecular flexibility index (Phi) is 5.92. The highest BCUT2D eigenvalue weighted by molar-refractivity contribution is 7.22. The van der Waals surface area contributed by atoms with Crippen LogP contribution in [-0.2, 0) is 0 Å². The molecule has 0 N–H and O–H groups in total. The summed E-state index contributed by atoms with van der Waals surface area (Å²) in [6.45, 7) is 0. The van der Waals surface area contributed by atoms with Gasteiger partial charge in [-0.05, 0) is 60.0 Å². The van der Waals surface area contributed by atoms with Gasteiger partial charge in [0.05, 0.1) is 28.1 Å². The third-order valence-electron chi connectivity index (χ3n) is 6.62. The maximum absolute atomic E-state index is 5.13. The van der Waals surface area contributed by atoms with Crippen molar-refractivity contribution in [2.45, 2.75) is 0 Å². The van der Waals surface area contributed by atoms with Crippen LogP contribution in [0.5, 0.6) is 0 Å². The van der Waals surface area contributed by atoms with Crippen LogP contribution < -0.4 is 4.90 Å². The zero-order valence-corrected chi connectivity index (χ0v) is 21.7. The van der Waals surface area contributed by atoms with Crippen LogP contribution in [0.15, 0.2) is 140 Å². The van der Waals surface area contributed by atoms with Gasteiger partial charge in [0.15, 0.2) is 0 Å². The van der Waals surface area contributed by atoms with Crippen LogP contribution >= 0.6 is 11.3 Å². The predicted octanol–water partition coefficient (Wildman–Crippen LogP) is 8.68. The van der Waals surface area contributed by atoms with Crippen LogP contribution in [0.1, 0.15) is 0 Å². The van der Waals surface area contributed by atoms with Crippen LogP contribution in [0.2, 0.25) is 0 Å². The third kappa shape index (κ3) is 4.58. The van der Waals surface area contributed by atoms with E-state index in [1.165, 1.54) is 10.1 Å². The van der Waals surface area contributed by atoms with E-state index >= 15 is 0 Å². The number of aromatic nitrogens is 4. The van der Waals surface area contributed by atoms with Gasteiger partial charge in [-0.1, -0.05) is 54.6 Å². The number of benzene rings is 3. The van der Waals surface area contributed by atoms with Crippen LogP contribution in [0, 0.1) is 0 Å². The van der Waals surface area contributed by atoms with Gasteiger partial charge in [0.25, 0.3) is 0 Å². The maximum Gasteiger partial charge on any atom is 0.138 e. The molecule has 5 nitrogen and oxygen atoms in total. The van der Waals surface area contributed by atoms with Gasteiger partial charge < -0.3 is 4.57 Å². The second-order valence-corrected chi connectivity index (χ2v) is 10.2. The normalized spacial score (nSPS) is 11.1. The van der Waals surface area contributed by atoms with Crippen molar-refractivity contribution in [2.75, 3.05) is 4.90 Å². The van der Waals surface area contributed by atoms with Gasteiger partial charge in [-0.2, -0.15) is 0 Å². The zero-order valence-electron chi connectivity index (χ0n) is 20.9. The molecule has 0 unspecified atom stereocenters. The van der Waals surface area contributed by atoms with Crippen molar-refractivity contribution in [1.29, 1.82) is 0 Å². The van der Waals surface area contributed by atoms with E-state index in [1.807, 2.05) is 6.07 Å². The minimum Gasteiger partial charge on any atom is -0.322 e. The summed E-state index contributed by atoms with van der Waals surface area (Å²) in [5.74, 6) is 0.868. The minimum atomic E-state index is 0.858. The molecule has 186 valence electrons. The van der Waals surface area contributed by atoms with E-state index in [2.05, 4.69) is 135 Å². The highest BCUT2D eigenvalue weighted by Crippen LogP contribution is 2.37. The molecule has 39 heavy (non-hydrogen) atoms. The Morgan fingerprint density at radius 1 is 0.692 bits per heavy atom. The quantitative estimate of drug-likeness (QED) is 0.220. The van der Waals surface area contributed by atoms with Crippen LogP contribution in [-0.4, -0.2) is 19.5 Å². The highest BCUT2D eigenvalue weighted by atomic mass is 32.1. The molecule has 0 fully saturated rings. The average Bonchev–Trinajstić information content (AvgIpc) is 3.67. The van der Waals surface area contributed by atoms with Crippen molar-refractivity contribution >= 4 is 38.6 Å². The summed E-state index contributed by atoms with van der Waals surface area (Å²) < 4.78 is 3.39. The van der Waals surface area contributed by atoms with E-state index in [4.69, 9.17) is 4.98 Å². The SMILES string of the molecule is c1ccc(N(c2ccn(-c3ccc(-c4cnccn4)cc3)c2)c2cccc(-c3cc4ccccc4s3)n2)cc1. The number of hydrogen-bond donors (Lipinski definition) is 0. The van der Waals surface area contributed by atoms with Gasteiger partial charge in [-0.3, -0.25) is 14.9 Å². The zero-order chi connectivity index (χ0) is 26.0. The Bertz CT molecular complexity index is 1820. The summed E-state index contributed by atoms with van der Waals surface area (Å²) >= 11 is 1.77. The summed E-state index contributed by atoms with van der Waals surface area (Å²) in [4.78, 5) is 17.1. The Hall–Kier alpha value is -5.07. The standard InChI is InChI=1S/C33H23N5S/c1-2-8-27(9-3-1)38(33-12-6-10-29(36-33)32-21-25-7-4-5-11-31(25)39-32)28-17-20-37(23-28)26-15-13-24(14-16-26)30-22-34-18-19-35-30/h1-23H. The number of nitrogens with zero attached hydrogens (tertiary/aromatic N) is 5. The summed E-state index contributed by atoms with van der Waals surface area (Å²) in [6, 6.07) is 37.8. The molecular formula is C33H23N5S. The molecule has 0 aliphatic carbocycles. The molecule has 0 aliphatic rings. The third-order valence-corrected chi connectivity index (χ3v) is 7.75. The second-order valence-electron chi connectivity index (χ2n) is 9.11. The molecule has 0 spiro atoms.